The lowest BCUT2D eigenvalue weighted by Gasteiger charge is -2.26. The maximum absolute atomic E-state index is 11.3. The molecule has 0 radical (unpaired) electrons. The summed E-state index contributed by atoms with van der Waals surface area (Å²) < 4.78 is 0. The second kappa shape index (κ2) is 9.42. The number of amides is 1. The van der Waals surface area contributed by atoms with Gasteiger partial charge in [0.1, 0.15) is 0 Å². The zero-order valence-corrected chi connectivity index (χ0v) is 16.8. The Morgan fingerprint density at radius 1 is 1.11 bits per heavy atom. The predicted molar refractivity (Wildman–Crippen MR) is 112 cm³/mol. The molecule has 2 aromatic rings. The van der Waals surface area contributed by atoms with Gasteiger partial charge in [-0.25, -0.2) is 0 Å². The summed E-state index contributed by atoms with van der Waals surface area (Å²) in [6, 6.07) is 15.2. The number of aliphatic imine (C=N–C) groups is 1. The molecule has 1 amide bonds. The zero-order chi connectivity index (χ0) is 19.9. The normalized spacial score (nSPS) is 11.9. The van der Waals surface area contributed by atoms with Crippen molar-refractivity contribution in [3.05, 3.63) is 70.2 Å². The van der Waals surface area contributed by atoms with Crippen molar-refractivity contribution in [3.8, 4) is 0 Å². The largest absolute Gasteiger partial charge is 0.366 e. The number of nitrogens with one attached hydrogen (secondary N) is 2. The molecule has 0 saturated carbocycles. The quantitative estimate of drug-likeness (QED) is 0.504. The Labute approximate surface area is 166 Å². The Morgan fingerprint density at radius 3 is 2.48 bits per heavy atom. The minimum absolute atomic E-state index is 0.0220. The van der Waals surface area contributed by atoms with Crippen LogP contribution in [0.1, 0.15) is 35.3 Å². The maximum Gasteiger partial charge on any atom is 0.248 e. The van der Waals surface area contributed by atoms with Crippen LogP contribution in [0.4, 0.5) is 0 Å². The molecule has 6 heteroatoms. The average molecular weight is 387 g/mol. The predicted octanol–water partition coefficient (Wildman–Crippen LogP) is 3.37. The molecule has 5 nitrogen and oxygen atoms in total. The van der Waals surface area contributed by atoms with Gasteiger partial charge in [-0.2, -0.15) is 0 Å². The van der Waals surface area contributed by atoms with Gasteiger partial charge in [-0.05, 0) is 47.2 Å². The molecular weight excluding hydrogens is 360 g/mol. The monoisotopic (exact) mass is 386 g/mol. The van der Waals surface area contributed by atoms with E-state index in [1.807, 2.05) is 30.3 Å². The number of nitrogens with two attached hydrogens (primary N) is 1. The van der Waals surface area contributed by atoms with Gasteiger partial charge >= 0.3 is 0 Å². The summed E-state index contributed by atoms with van der Waals surface area (Å²) in [5.74, 6) is 0.278. The topological polar surface area (TPSA) is 79.5 Å². The highest BCUT2D eigenvalue weighted by Crippen LogP contribution is 2.22. The summed E-state index contributed by atoms with van der Waals surface area (Å²) >= 11 is 6.08. The summed E-state index contributed by atoms with van der Waals surface area (Å²) in [6.07, 6.45) is 0.901. The summed E-state index contributed by atoms with van der Waals surface area (Å²) in [5, 5.41) is 7.39. The van der Waals surface area contributed by atoms with Crippen LogP contribution in [0.15, 0.2) is 53.5 Å². The molecule has 0 aromatic heterocycles. The molecule has 0 unspecified atom stereocenters. The number of hydrogen-bond donors (Lipinski definition) is 3. The van der Waals surface area contributed by atoms with Gasteiger partial charge in [0.05, 0.1) is 0 Å². The van der Waals surface area contributed by atoms with Crippen LogP contribution >= 0.6 is 11.6 Å². The van der Waals surface area contributed by atoms with Crippen LogP contribution in [0, 0.1) is 5.41 Å². The molecule has 2 rings (SSSR count). The fraction of sp³-hybridized carbons (Fsp3) is 0.333. The van der Waals surface area contributed by atoms with E-state index in [0.717, 1.165) is 23.6 Å². The molecule has 0 atom stereocenters. The summed E-state index contributed by atoms with van der Waals surface area (Å²) in [5.41, 5.74) is 8.03. The first-order chi connectivity index (χ1) is 12.8. The van der Waals surface area contributed by atoms with Crippen LogP contribution < -0.4 is 16.4 Å². The highest BCUT2D eigenvalue weighted by molar-refractivity contribution is 6.30. The molecule has 0 heterocycles. The van der Waals surface area contributed by atoms with E-state index in [0.29, 0.717) is 18.1 Å². The van der Waals surface area contributed by atoms with Crippen molar-refractivity contribution in [2.75, 3.05) is 13.6 Å². The van der Waals surface area contributed by atoms with Crippen molar-refractivity contribution in [2.45, 2.75) is 26.8 Å². The summed E-state index contributed by atoms with van der Waals surface area (Å²) in [6.45, 7) is 5.70. The molecule has 2 aromatic carbocycles. The smallest absolute Gasteiger partial charge is 0.248 e. The second-order valence-corrected chi connectivity index (χ2v) is 7.75. The number of rotatable bonds is 7. The molecular formula is C21H27ClN4O. The first kappa shape index (κ1) is 20.8. The van der Waals surface area contributed by atoms with Crippen LogP contribution in [-0.4, -0.2) is 25.5 Å². The number of benzene rings is 2. The minimum atomic E-state index is -0.429. The van der Waals surface area contributed by atoms with Gasteiger partial charge in [0.25, 0.3) is 0 Å². The van der Waals surface area contributed by atoms with Crippen molar-refractivity contribution in [2.24, 2.45) is 16.1 Å². The molecule has 144 valence electrons. The van der Waals surface area contributed by atoms with Crippen molar-refractivity contribution in [1.29, 1.82) is 0 Å². The number of halogens is 1. The Morgan fingerprint density at radius 2 is 1.81 bits per heavy atom. The van der Waals surface area contributed by atoms with Gasteiger partial charge in [0.15, 0.2) is 5.96 Å². The number of hydrogen-bond acceptors (Lipinski definition) is 2. The van der Waals surface area contributed by atoms with Crippen molar-refractivity contribution < 1.29 is 4.79 Å². The Hall–Kier alpha value is -2.53. The third-order valence-electron chi connectivity index (χ3n) is 4.20. The van der Waals surface area contributed by atoms with Gasteiger partial charge < -0.3 is 16.4 Å². The van der Waals surface area contributed by atoms with Crippen LogP contribution in [0.3, 0.4) is 0 Å². The summed E-state index contributed by atoms with van der Waals surface area (Å²) in [4.78, 5) is 15.6. The molecule has 0 fully saturated rings. The standard InChI is InChI=1S/C21H27ClN4O/c1-21(2,12-15-6-5-9-18(22)11-15)14-26-20(24-3)25-13-16-7-4-8-17(10-16)19(23)27/h4-11H,12-14H2,1-3H3,(H2,23,27)(H2,24,25,26). The lowest BCUT2D eigenvalue weighted by Crippen LogP contribution is -2.42. The Kier molecular flexibility index (Phi) is 7.25. The molecule has 0 spiro atoms. The lowest BCUT2D eigenvalue weighted by molar-refractivity contribution is 0.1000. The molecule has 0 aliphatic heterocycles. The van der Waals surface area contributed by atoms with E-state index in [2.05, 4.69) is 35.5 Å². The number of carbonyl (C=O) groups is 1. The van der Waals surface area contributed by atoms with Crippen molar-refractivity contribution in [3.63, 3.8) is 0 Å². The minimum Gasteiger partial charge on any atom is -0.366 e. The first-order valence-electron chi connectivity index (χ1n) is 8.87. The first-order valence-corrected chi connectivity index (χ1v) is 9.24. The van der Waals surface area contributed by atoms with E-state index in [1.165, 1.54) is 5.56 Å². The van der Waals surface area contributed by atoms with Gasteiger partial charge in [-0.1, -0.05) is 49.7 Å². The summed E-state index contributed by atoms with van der Waals surface area (Å²) in [7, 11) is 1.74. The van der Waals surface area contributed by atoms with Crippen LogP contribution in [0.25, 0.3) is 0 Å². The zero-order valence-electron chi connectivity index (χ0n) is 16.1. The molecule has 0 aliphatic carbocycles. The Bertz CT molecular complexity index is 817. The molecule has 4 N–H and O–H groups in total. The number of guanidine groups is 1. The van der Waals surface area contributed by atoms with Gasteiger partial charge in [-0.3, -0.25) is 9.79 Å². The molecule has 0 saturated heterocycles. The van der Waals surface area contributed by atoms with Crippen LogP contribution in [-0.2, 0) is 13.0 Å². The van der Waals surface area contributed by atoms with E-state index < -0.39 is 5.91 Å². The van der Waals surface area contributed by atoms with E-state index >= 15 is 0 Å². The highest BCUT2D eigenvalue weighted by Gasteiger charge is 2.19. The van der Waals surface area contributed by atoms with E-state index in [9.17, 15) is 4.79 Å². The van der Waals surface area contributed by atoms with Crippen molar-refractivity contribution >= 4 is 23.5 Å². The number of primary amides is 1. The second-order valence-electron chi connectivity index (χ2n) is 7.31. The van der Waals surface area contributed by atoms with E-state index in [-0.39, 0.29) is 5.41 Å². The maximum atomic E-state index is 11.3. The lowest BCUT2D eigenvalue weighted by atomic mass is 9.86. The highest BCUT2D eigenvalue weighted by atomic mass is 35.5. The number of carbonyl (C=O) groups excluding carboxylic acids is 1. The fourth-order valence-corrected chi connectivity index (χ4v) is 3.04. The average Bonchev–Trinajstić information content (AvgIpc) is 2.61. The molecule has 0 aliphatic rings. The molecule has 0 bridgehead atoms. The third kappa shape index (κ3) is 6.94. The van der Waals surface area contributed by atoms with Gasteiger partial charge in [0.2, 0.25) is 5.91 Å². The Balaban J connectivity index is 1.89. The van der Waals surface area contributed by atoms with Gasteiger partial charge in [-0.15, -0.1) is 0 Å². The van der Waals surface area contributed by atoms with Gasteiger partial charge in [0, 0.05) is 30.7 Å². The molecule has 27 heavy (non-hydrogen) atoms. The third-order valence-corrected chi connectivity index (χ3v) is 4.44. The van der Waals surface area contributed by atoms with Crippen molar-refractivity contribution in [1.82, 2.24) is 10.6 Å². The SMILES string of the molecule is CN=C(NCc1cccc(C(N)=O)c1)NCC(C)(C)Cc1cccc(Cl)c1. The van der Waals surface area contributed by atoms with E-state index in [4.69, 9.17) is 17.3 Å². The number of nitrogens with zero attached hydrogens (tertiary/aromatic N) is 1. The van der Waals surface area contributed by atoms with Crippen LogP contribution in [0.5, 0.6) is 0 Å². The van der Waals surface area contributed by atoms with E-state index in [1.54, 1.807) is 19.2 Å². The van der Waals surface area contributed by atoms with Crippen LogP contribution in [0.2, 0.25) is 5.02 Å². The fourth-order valence-electron chi connectivity index (χ4n) is 2.83.